The number of nitrogens with zero attached hydrogens (tertiary/aromatic N) is 3. The molecule has 0 saturated heterocycles. The first-order valence-electron chi connectivity index (χ1n) is 7.92. The molecule has 0 saturated carbocycles. The maximum atomic E-state index is 12.2. The number of esters is 1. The number of aromatic nitrogens is 2. The lowest BCUT2D eigenvalue weighted by atomic mass is 10.2. The average Bonchev–Trinajstić information content (AvgIpc) is 2.68. The van der Waals surface area contributed by atoms with E-state index >= 15 is 0 Å². The Bertz CT molecular complexity index is 1160. The Morgan fingerprint density at radius 1 is 1.28 bits per heavy atom. The summed E-state index contributed by atoms with van der Waals surface area (Å²) in [5.41, 5.74) is 3.54. The van der Waals surface area contributed by atoms with Crippen molar-refractivity contribution in [1.29, 1.82) is 0 Å². The number of hydrogen-bond donors (Lipinski definition) is 1. The van der Waals surface area contributed by atoms with E-state index in [1.807, 2.05) is 0 Å². The number of hydrogen-bond acceptors (Lipinski definition) is 8. The molecule has 0 aliphatic heterocycles. The smallest absolute Gasteiger partial charge is 0.332 e. The highest BCUT2D eigenvalue weighted by molar-refractivity contribution is 6.32. The quantitative estimate of drug-likeness (QED) is 0.234. The normalized spacial score (nSPS) is 10.9. The van der Waals surface area contributed by atoms with Crippen LogP contribution in [-0.2, 0) is 23.6 Å². The predicted octanol–water partition coefficient (Wildman–Crippen LogP) is 0.667. The van der Waals surface area contributed by atoms with Crippen LogP contribution in [0.2, 0.25) is 5.02 Å². The molecule has 0 amide bonds. The zero-order chi connectivity index (χ0) is 21.9. The number of rotatable bonds is 6. The molecular formula is C17H15ClN4O7. The Balaban J connectivity index is 2.13. The van der Waals surface area contributed by atoms with Gasteiger partial charge in [0.1, 0.15) is 16.4 Å². The summed E-state index contributed by atoms with van der Waals surface area (Å²) in [6.07, 6.45) is 2.18. The van der Waals surface area contributed by atoms with E-state index in [9.17, 15) is 29.3 Å². The zero-order valence-electron chi connectivity index (χ0n) is 15.2. The minimum atomic E-state index is -0.934. The number of ether oxygens (including phenoxy) is 1. The van der Waals surface area contributed by atoms with Crippen LogP contribution in [-0.4, -0.2) is 32.4 Å². The molecule has 11 nitrogen and oxygen atoms in total. The third-order valence-electron chi connectivity index (χ3n) is 3.91. The van der Waals surface area contributed by atoms with E-state index in [1.165, 1.54) is 32.3 Å². The van der Waals surface area contributed by atoms with E-state index in [4.69, 9.17) is 22.1 Å². The molecule has 12 heteroatoms. The van der Waals surface area contributed by atoms with Crippen LogP contribution in [0.5, 0.6) is 0 Å². The summed E-state index contributed by atoms with van der Waals surface area (Å²) in [5, 5.41) is 10.8. The molecule has 0 bridgehead atoms. The topological polar surface area (TPSA) is 157 Å². The summed E-state index contributed by atoms with van der Waals surface area (Å²) >= 11 is 5.70. The fourth-order valence-corrected chi connectivity index (χ4v) is 2.50. The molecule has 2 rings (SSSR count). The number of carbonyl (C=O) groups is 2. The lowest BCUT2D eigenvalue weighted by Crippen LogP contribution is -2.42. The molecule has 0 spiro atoms. The maximum absolute atomic E-state index is 12.2. The van der Waals surface area contributed by atoms with Crippen LogP contribution in [0.1, 0.15) is 15.9 Å². The number of nitrogens with two attached hydrogens (primary N) is 1. The minimum absolute atomic E-state index is 0.0586. The highest BCUT2D eigenvalue weighted by Gasteiger charge is 2.21. The monoisotopic (exact) mass is 422 g/mol. The van der Waals surface area contributed by atoms with Crippen molar-refractivity contribution in [3.8, 4) is 0 Å². The van der Waals surface area contributed by atoms with Gasteiger partial charge >= 0.3 is 11.7 Å². The average molecular weight is 423 g/mol. The fourth-order valence-electron chi connectivity index (χ4n) is 2.32. The minimum Gasteiger partial charge on any atom is -0.454 e. The van der Waals surface area contributed by atoms with Gasteiger partial charge in [-0.05, 0) is 17.7 Å². The summed E-state index contributed by atoms with van der Waals surface area (Å²) in [6.45, 7) is -0.790. The van der Waals surface area contributed by atoms with Crippen LogP contribution in [0.25, 0.3) is 6.08 Å². The molecule has 0 fully saturated rings. The SMILES string of the molecule is Cn1c(N)c(C(=O)COC(=O)/C=C/c2ccc(Cl)c([N+](=O)[O-])c2)c(=O)n(C)c1=O. The van der Waals surface area contributed by atoms with Crippen molar-refractivity contribution >= 4 is 40.9 Å². The van der Waals surface area contributed by atoms with E-state index < -0.39 is 40.1 Å². The highest BCUT2D eigenvalue weighted by Crippen LogP contribution is 2.25. The molecule has 1 heterocycles. The maximum Gasteiger partial charge on any atom is 0.332 e. The van der Waals surface area contributed by atoms with Gasteiger partial charge in [-0.15, -0.1) is 0 Å². The summed E-state index contributed by atoms with van der Waals surface area (Å²) in [6, 6.07) is 3.90. The first-order valence-corrected chi connectivity index (χ1v) is 8.29. The summed E-state index contributed by atoms with van der Waals surface area (Å²) in [4.78, 5) is 58.1. The molecule has 29 heavy (non-hydrogen) atoms. The van der Waals surface area contributed by atoms with Crippen LogP contribution in [0.3, 0.4) is 0 Å². The van der Waals surface area contributed by atoms with Crippen molar-refractivity contribution in [2.24, 2.45) is 14.1 Å². The molecule has 0 unspecified atom stereocenters. The van der Waals surface area contributed by atoms with Crippen LogP contribution >= 0.6 is 11.6 Å². The molecular weight excluding hydrogens is 408 g/mol. The van der Waals surface area contributed by atoms with Gasteiger partial charge in [0.25, 0.3) is 11.2 Å². The van der Waals surface area contributed by atoms with Crippen molar-refractivity contribution in [3.63, 3.8) is 0 Å². The van der Waals surface area contributed by atoms with E-state index in [2.05, 4.69) is 0 Å². The number of Topliss-reactive ketones (excluding diaryl/α,β-unsaturated/α-hetero) is 1. The van der Waals surface area contributed by atoms with Gasteiger partial charge in [-0.25, -0.2) is 9.59 Å². The molecule has 2 N–H and O–H groups in total. The van der Waals surface area contributed by atoms with Crippen molar-refractivity contribution < 1.29 is 19.2 Å². The Morgan fingerprint density at radius 3 is 2.55 bits per heavy atom. The number of nitrogen functional groups attached to an aromatic ring is 1. The summed E-state index contributed by atoms with van der Waals surface area (Å²) in [5.74, 6) is -2.16. The molecule has 2 aromatic rings. The molecule has 1 aromatic carbocycles. The molecule has 1 aromatic heterocycles. The molecule has 0 aliphatic rings. The van der Waals surface area contributed by atoms with Gasteiger partial charge in [0, 0.05) is 26.2 Å². The third kappa shape index (κ3) is 4.58. The second-order valence-corrected chi connectivity index (χ2v) is 6.21. The fraction of sp³-hybridized carbons (Fsp3) is 0.176. The van der Waals surface area contributed by atoms with E-state index in [0.717, 1.165) is 16.7 Å². The molecule has 0 aliphatic carbocycles. The standard InChI is InChI=1S/C17H15ClN4O7/c1-20-15(19)14(16(25)21(2)17(20)26)12(23)8-29-13(24)6-4-9-3-5-10(18)11(7-9)22(27)28/h3-7H,8,19H2,1-2H3/b6-4+. The van der Waals surface area contributed by atoms with Crippen molar-refractivity contribution in [1.82, 2.24) is 9.13 Å². The predicted molar refractivity (Wildman–Crippen MR) is 104 cm³/mol. The van der Waals surface area contributed by atoms with Gasteiger partial charge in [0.2, 0.25) is 5.78 Å². The van der Waals surface area contributed by atoms with Crippen LogP contribution in [0, 0.1) is 10.1 Å². The number of nitro groups is 1. The van der Waals surface area contributed by atoms with E-state index in [0.29, 0.717) is 10.1 Å². The molecule has 152 valence electrons. The Hall–Kier alpha value is -3.73. The number of carbonyl (C=O) groups excluding carboxylic acids is 2. The number of benzene rings is 1. The van der Waals surface area contributed by atoms with Crippen molar-refractivity contribution in [2.75, 3.05) is 12.3 Å². The lowest BCUT2D eigenvalue weighted by molar-refractivity contribution is -0.384. The molecule has 0 atom stereocenters. The van der Waals surface area contributed by atoms with Crippen molar-refractivity contribution in [2.45, 2.75) is 0 Å². The van der Waals surface area contributed by atoms with Gasteiger partial charge in [-0.3, -0.25) is 28.8 Å². The summed E-state index contributed by atoms with van der Waals surface area (Å²) < 4.78 is 6.40. The Morgan fingerprint density at radius 2 is 1.93 bits per heavy atom. The van der Waals surface area contributed by atoms with Gasteiger partial charge < -0.3 is 10.5 Å². The Labute approximate surface area is 167 Å². The highest BCUT2D eigenvalue weighted by atomic mass is 35.5. The first-order chi connectivity index (χ1) is 13.5. The van der Waals surface area contributed by atoms with Gasteiger partial charge in [-0.1, -0.05) is 17.7 Å². The zero-order valence-corrected chi connectivity index (χ0v) is 16.0. The first kappa shape index (κ1) is 21.6. The second kappa shape index (κ2) is 8.52. The van der Waals surface area contributed by atoms with Crippen LogP contribution in [0.4, 0.5) is 11.5 Å². The van der Waals surface area contributed by atoms with Crippen LogP contribution in [0.15, 0.2) is 33.9 Å². The number of halogens is 1. The molecule has 0 radical (unpaired) electrons. The Kier molecular flexibility index (Phi) is 6.34. The number of anilines is 1. The second-order valence-electron chi connectivity index (χ2n) is 5.80. The lowest BCUT2D eigenvalue weighted by Gasteiger charge is -2.10. The van der Waals surface area contributed by atoms with Gasteiger partial charge in [-0.2, -0.15) is 0 Å². The third-order valence-corrected chi connectivity index (χ3v) is 4.23. The summed E-state index contributed by atoms with van der Waals surface area (Å²) in [7, 11) is 2.47. The number of ketones is 1. The number of nitro benzene ring substituents is 1. The van der Waals surface area contributed by atoms with Crippen molar-refractivity contribution in [3.05, 3.63) is 71.4 Å². The van der Waals surface area contributed by atoms with E-state index in [1.54, 1.807) is 0 Å². The van der Waals surface area contributed by atoms with Crippen LogP contribution < -0.4 is 17.0 Å². The van der Waals surface area contributed by atoms with Gasteiger partial charge in [0.15, 0.2) is 6.61 Å². The van der Waals surface area contributed by atoms with Gasteiger partial charge in [0.05, 0.1) is 4.92 Å². The largest absolute Gasteiger partial charge is 0.454 e. The van der Waals surface area contributed by atoms with E-state index in [-0.39, 0.29) is 16.5 Å².